The first-order valence-electron chi connectivity index (χ1n) is 6.22. The molecule has 0 fully saturated rings. The van der Waals surface area contributed by atoms with Gasteiger partial charge in [-0.05, 0) is 12.0 Å². The molecule has 0 amide bonds. The predicted octanol–water partition coefficient (Wildman–Crippen LogP) is 2.69. The van der Waals surface area contributed by atoms with Gasteiger partial charge in [0.25, 0.3) is 0 Å². The summed E-state index contributed by atoms with van der Waals surface area (Å²) in [6, 6.07) is 17.8. The maximum Gasteiger partial charge on any atom is 0.0427 e. The van der Waals surface area contributed by atoms with Crippen LogP contribution < -0.4 is 5.43 Å². The van der Waals surface area contributed by atoms with Crippen LogP contribution in [0, 0.1) is 13.0 Å². The number of hydrogen-bond acceptors (Lipinski definition) is 2. The second-order valence-electron chi connectivity index (χ2n) is 4.54. The van der Waals surface area contributed by atoms with Crippen molar-refractivity contribution in [3.63, 3.8) is 0 Å². The predicted molar refractivity (Wildman–Crippen MR) is 73.8 cm³/mol. The monoisotopic (exact) mass is 324 g/mol. The van der Waals surface area contributed by atoms with Gasteiger partial charge in [-0.1, -0.05) is 37.3 Å². The van der Waals surface area contributed by atoms with Crippen molar-refractivity contribution < 1.29 is 32.7 Å². The Labute approximate surface area is 139 Å². The van der Waals surface area contributed by atoms with Gasteiger partial charge in [0.15, 0.2) is 0 Å². The molecule has 0 bridgehead atoms. The van der Waals surface area contributed by atoms with E-state index in [4.69, 9.17) is 0 Å². The van der Waals surface area contributed by atoms with Crippen LogP contribution in [-0.4, -0.2) is 12.3 Å². The zero-order valence-corrected chi connectivity index (χ0v) is 13.8. The summed E-state index contributed by atoms with van der Waals surface area (Å²) < 4.78 is 0. The van der Waals surface area contributed by atoms with Gasteiger partial charge in [0.1, 0.15) is 0 Å². The molecule has 0 spiro atoms. The Bertz CT molecular complexity index is 591. The summed E-state index contributed by atoms with van der Waals surface area (Å²) in [5.74, 6) is 0. The number of hydrogen-bond donors (Lipinski definition) is 1. The largest absolute Gasteiger partial charge is 0.310 e. The minimum atomic E-state index is 0. The van der Waals surface area contributed by atoms with Crippen molar-refractivity contribution in [3.05, 3.63) is 70.8 Å². The van der Waals surface area contributed by atoms with E-state index in [1.54, 1.807) is 0 Å². The Balaban J connectivity index is 0.00000133. The Morgan fingerprint density at radius 2 is 2.00 bits per heavy atom. The van der Waals surface area contributed by atoms with Crippen LogP contribution in [0.1, 0.15) is 22.3 Å². The number of hydrazone groups is 1. The third-order valence-corrected chi connectivity index (χ3v) is 3.18. The number of nitrogens with zero attached hydrogens (tertiary/aromatic N) is 1. The van der Waals surface area contributed by atoms with E-state index in [1.165, 1.54) is 16.7 Å². The molecule has 3 heteroatoms. The standard InChI is InChI=1S/C16H15N2.Y/c1-12-7-8-15-14(11-12)9-10-17-18-16(15)13-5-3-2-4-6-13;/h2-6,8,11,17H,9-10H2,1H3;/q-1;. The summed E-state index contributed by atoms with van der Waals surface area (Å²) in [6.07, 6.45) is 1.00. The van der Waals surface area contributed by atoms with Gasteiger partial charge in [0.05, 0.1) is 0 Å². The molecule has 1 aliphatic rings. The minimum absolute atomic E-state index is 0. The first-order chi connectivity index (χ1) is 8.84. The van der Waals surface area contributed by atoms with Crippen molar-refractivity contribution in [2.45, 2.75) is 13.3 Å². The third-order valence-electron chi connectivity index (χ3n) is 3.18. The molecule has 0 atom stereocenters. The third kappa shape index (κ3) is 3.13. The van der Waals surface area contributed by atoms with Gasteiger partial charge in [-0.15, -0.1) is 11.1 Å². The number of rotatable bonds is 1. The first-order valence-corrected chi connectivity index (χ1v) is 6.22. The Hall–Kier alpha value is -0.986. The zero-order valence-electron chi connectivity index (χ0n) is 11.0. The first kappa shape index (κ1) is 14.4. The van der Waals surface area contributed by atoms with Gasteiger partial charge in [0, 0.05) is 45.0 Å². The molecular weight excluding hydrogens is 309 g/mol. The average molecular weight is 324 g/mol. The van der Waals surface area contributed by atoms with E-state index in [9.17, 15) is 0 Å². The van der Waals surface area contributed by atoms with Crippen LogP contribution in [0.3, 0.4) is 0 Å². The zero-order chi connectivity index (χ0) is 12.4. The van der Waals surface area contributed by atoms with Gasteiger partial charge in [0.2, 0.25) is 0 Å². The normalized spacial score (nSPS) is 13.4. The summed E-state index contributed by atoms with van der Waals surface area (Å²) in [6.45, 7) is 2.96. The van der Waals surface area contributed by atoms with Gasteiger partial charge < -0.3 is 5.43 Å². The van der Waals surface area contributed by atoms with Gasteiger partial charge in [-0.25, -0.2) is 0 Å². The van der Waals surface area contributed by atoms with Crippen LogP contribution in [0.2, 0.25) is 0 Å². The van der Waals surface area contributed by atoms with Crippen LogP contribution in [-0.2, 0) is 39.1 Å². The van der Waals surface area contributed by atoms with Gasteiger partial charge in [-0.2, -0.15) is 28.9 Å². The van der Waals surface area contributed by atoms with Gasteiger partial charge >= 0.3 is 0 Å². The van der Waals surface area contributed by atoms with E-state index in [2.05, 4.69) is 47.8 Å². The van der Waals surface area contributed by atoms with Crippen molar-refractivity contribution in [1.29, 1.82) is 0 Å². The van der Waals surface area contributed by atoms with E-state index >= 15 is 0 Å². The van der Waals surface area contributed by atoms with Crippen molar-refractivity contribution in [2.24, 2.45) is 5.10 Å². The molecule has 3 rings (SSSR count). The molecule has 0 aliphatic carbocycles. The fraction of sp³-hybridized carbons (Fsp3) is 0.188. The molecule has 1 heterocycles. The molecule has 0 unspecified atom stereocenters. The van der Waals surface area contributed by atoms with Crippen molar-refractivity contribution in [2.75, 3.05) is 6.54 Å². The van der Waals surface area contributed by atoms with Crippen LogP contribution in [0.15, 0.2) is 47.6 Å². The smallest absolute Gasteiger partial charge is 0.0427 e. The maximum absolute atomic E-state index is 4.51. The van der Waals surface area contributed by atoms with Gasteiger partial charge in [-0.3, -0.25) is 0 Å². The number of benzene rings is 2. The fourth-order valence-corrected chi connectivity index (χ4v) is 2.29. The number of aryl methyl sites for hydroxylation is 1. The molecule has 19 heavy (non-hydrogen) atoms. The molecule has 0 saturated heterocycles. The Morgan fingerprint density at radius 1 is 1.21 bits per heavy atom. The van der Waals surface area contributed by atoms with E-state index in [0.717, 1.165) is 24.2 Å². The number of fused-ring (bicyclic) bond motifs is 1. The van der Waals surface area contributed by atoms with E-state index in [0.29, 0.717) is 0 Å². The van der Waals surface area contributed by atoms with E-state index in [1.807, 2.05) is 18.2 Å². The van der Waals surface area contributed by atoms with Crippen LogP contribution in [0.25, 0.3) is 0 Å². The molecule has 2 nitrogen and oxygen atoms in total. The molecule has 1 N–H and O–H groups in total. The molecule has 1 radical (unpaired) electrons. The Kier molecular flexibility index (Phi) is 4.89. The second-order valence-corrected chi connectivity index (χ2v) is 4.54. The van der Waals surface area contributed by atoms with E-state index in [-0.39, 0.29) is 32.7 Å². The minimum Gasteiger partial charge on any atom is -0.310 e. The van der Waals surface area contributed by atoms with E-state index < -0.39 is 0 Å². The van der Waals surface area contributed by atoms with Crippen LogP contribution in [0.4, 0.5) is 0 Å². The summed E-state index contributed by atoms with van der Waals surface area (Å²) in [7, 11) is 0. The maximum atomic E-state index is 4.51. The number of nitrogens with one attached hydrogen (secondary N) is 1. The Morgan fingerprint density at radius 3 is 2.79 bits per heavy atom. The molecule has 0 saturated carbocycles. The molecule has 2 aromatic rings. The molecule has 0 aromatic heterocycles. The summed E-state index contributed by atoms with van der Waals surface area (Å²) in [5, 5.41) is 4.51. The van der Waals surface area contributed by atoms with Crippen molar-refractivity contribution >= 4 is 5.71 Å². The quantitative estimate of drug-likeness (QED) is 0.802. The fourth-order valence-electron chi connectivity index (χ4n) is 2.29. The van der Waals surface area contributed by atoms with Crippen LogP contribution in [0.5, 0.6) is 0 Å². The topological polar surface area (TPSA) is 24.4 Å². The second kappa shape index (κ2) is 6.45. The van der Waals surface area contributed by atoms with Crippen LogP contribution >= 0.6 is 0 Å². The molecule has 93 valence electrons. The molecular formula is C16H15N2Y-. The van der Waals surface area contributed by atoms with Crippen molar-refractivity contribution in [3.8, 4) is 0 Å². The summed E-state index contributed by atoms with van der Waals surface area (Å²) >= 11 is 0. The molecule has 1 aliphatic heterocycles. The average Bonchev–Trinajstić information content (AvgIpc) is 2.61. The summed E-state index contributed by atoms with van der Waals surface area (Å²) in [4.78, 5) is 0. The summed E-state index contributed by atoms with van der Waals surface area (Å²) in [5.41, 5.74) is 9.01. The molecule has 2 aromatic carbocycles. The SMILES string of the molecule is Cc1[c-]cc2c(c1)CCNN=C2c1ccccc1.[Y]. The van der Waals surface area contributed by atoms with Crippen molar-refractivity contribution in [1.82, 2.24) is 5.43 Å².